The van der Waals surface area contributed by atoms with Gasteiger partial charge in [0, 0.05) is 29.6 Å². The Morgan fingerprint density at radius 2 is 2.06 bits per heavy atom. The summed E-state index contributed by atoms with van der Waals surface area (Å²) in [5.74, 6) is -1.02. The average Bonchev–Trinajstić information content (AvgIpc) is 2.16. The van der Waals surface area contributed by atoms with Gasteiger partial charge in [0.1, 0.15) is 0 Å². The second-order valence-electron chi connectivity index (χ2n) is 4.33. The van der Waals surface area contributed by atoms with Gasteiger partial charge in [0.25, 0.3) is 0 Å². The van der Waals surface area contributed by atoms with Gasteiger partial charge in [-0.2, -0.15) is 0 Å². The van der Waals surface area contributed by atoms with E-state index in [1.807, 2.05) is 0 Å². The summed E-state index contributed by atoms with van der Waals surface area (Å²) < 4.78 is 0. The molecule has 16 heavy (non-hydrogen) atoms. The maximum absolute atomic E-state index is 10.7. The van der Waals surface area contributed by atoms with Gasteiger partial charge in [-0.25, -0.2) is 0 Å². The van der Waals surface area contributed by atoms with Gasteiger partial charge in [-0.1, -0.05) is 6.42 Å². The molecule has 0 amide bonds. The number of aliphatic carboxylic acids is 1. The van der Waals surface area contributed by atoms with Crippen LogP contribution in [0.1, 0.15) is 38.5 Å². The van der Waals surface area contributed by atoms with Crippen LogP contribution in [0.2, 0.25) is 0 Å². The molecule has 1 N–H and O–H groups in total. The molecule has 0 aliphatic heterocycles. The van der Waals surface area contributed by atoms with Crippen molar-refractivity contribution in [1.29, 1.82) is 0 Å². The van der Waals surface area contributed by atoms with E-state index >= 15 is 0 Å². The molecular formula is C10H16ClNO4. The molecule has 1 saturated carbocycles. The predicted octanol–water partition coefficient (Wildman–Crippen LogP) is 2.29. The second-order valence-corrected chi connectivity index (χ2v) is 4.89. The third-order valence-corrected chi connectivity index (χ3v) is 3.64. The van der Waals surface area contributed by atoms with E-state index in [9.17, 15) is 14.9 Å². The Balaban J connectivity index is 2.60. The SMILES string of the molecule is O=C(O)CC1CCCCC([N+](=O)[O-])CC1Cl. The zero-order valence-electron chi connectivity index (χ0n) is 8.97. The Labute approximate surface area is 98.9 Å². The monoisotopic (exact) mass is 249 g/mol. The number of hydrogen-bond donors (Lipinski definition) is 1. The van der Waals surface area contributed by atoms with Crippen LogP contribution in [0.25, 0.3) is 0 Å². The molecule has 1 rings (SSSR count). The fourth-order valence-electron chi connectivity index (χ4n) is 2.18. The molecule has 0 radical (unpaired) electrons. The molecule has 1 fully saturated rings. The van der Waals surface area contributed by atoms with Gasteiger partial charge in [-0.15, -0.1) is 11.6 Å². The van der Waals surface area contributed by atoms with Crippen LogP contribution in [-0.4, -0.2) is 27.4 Å². The van der Waals surface area contributed by atoms with E-state index in [0.717, 1.165) is 19.3 Å². The highest BCUT2D eigenvalue weighted by Crippen LogP contribution is 2.30. The molecule has 0 aromatic heterocycles. The normalized spacial score (nSPS) is 31.4. The molecule has 3 unspecified atom stereocenters. The van der Waals surface area contributed by atoms with Crippen molar-refractivity contribution in [1.82, 2.24) is 0 Å². The molecule has 1 aliphatic rings. The maximum Gasteiger partial charge on any atom is 0.303 e. The van der Waals surface area contributed by atoms with Gasteiger partial charge < -0.3 is 5.11 Å². The quantitative estimate of drug-likeness (QED) is 0.473. The minimum atomic E-state index is -0.881. The third kappa shape index (κ3) is 3.96. The number of carboxylic acids is 1. The summed E-state index contributed by atoms with van der Waals surface area (Å²) in [6, 6.07) is -0.612. The number of hydrogen-bond acceptors (Lipinski definition) is 3. The molecule has 5 nitrogen and oxygen atoms in total. The van der Waals surface area contributed by atoms with Crippen molar-refractivity contribution in [2.75, 3.05) is 0 Å². The molecule has 0 aromatic carbocycles. The number of alkyl halides is 1. The van der Waals surface area contributed by atoms with E-state index in [0.29, 0.717) is 6.42 Å². The molecule has 6 heteroatoms. The van der Waals surface area contributed by atoms with E-state index < -0.39 is 17.4 Å². The number of halogens is 1. The van der Waals surface area contributed by atoms with Crippen molar-refractivity contribution in [3.63, 3.8) is 0 Å². The van der Waals surface area contributed by atoms with E-state index in [1.165, 1.54) is 0 Å². The summed E-state index contributed by atoms with van der Waals surface area (Å²) >= 11 is 6.07. The Kier molecular flexibility index (Phi) is 4.99. The summed E-state index contributed by atoms with van der Waals surface area (Å²) in [6.45, 7) is 0. The second kappa shape index (κ2) is 6.03. The standard InChI is InChI=1S/C10H16ClNO4/c11-9-6-8(12(15)16)4-2-1-3-7(9)5-10(13)14/h7-9H,1-6H2,(H,13,14). The van der Waals surface area contributed by atoms with E-state index in [1.54, 1.807) is 0 Å². The predicted molar refractivity (Wildman–Crippen MR) is 59.3 cm³/mol. The van der Waals surface area contributed by atoms with Crippen LogP contribution < -0.4 is 0 Å². The van der Waals surface area contributed by atoms with Gasteiger partial charge in [-0.05, 0) is 18.8 Å². The molecule has 0 spiro atoms. The highest BCUT2D eigenvalue weighted by molar-refractivity contribution is 6.20. The lowest BCUT2D eigenvalue weighted by Gasteiger charge is -2.24. The molecular weight excluding hydrogens is 234 g/mol. The van der Waals surface area contributed by atoms with Crippen LogP contribution >= 0.6 is 11.6 Å². The fourth-order valence-corrected chi connectivity index (χ4v) is 2.60. The molecule has 3 atom stereocenters. The first-order chi connectivity index (χ1) is 7.50. The lowest BCUT2D eigenvalue weighted by Crippen LogP contribution is -2.30. The Bertz CT molecular complexity index is 272. The minimum Gasteiger partial charge on any atom is -0.481 e. The number of carboxylic acid groups (broad SMARTS) is 1. The van der Waals surface area contributed by atoms with Crippen molar-refractivity contribution in [2.24, 2.45) is 5.92 Å². The van der Waals surface area contributed by atoms with Crippen LogP contribution in [-0.2, 0) is 4.79 Å². The fraction of sp³-hybridized carbons (Fsp3) is 0.900. The molecule has 1 aliphatic carbocycles. The van der Waals surface area contributed by atoms with Crippen LogP contribution in [0.5, 0.6) is 0 Å². The van der Waals surface area contributed by atoms with Gasteiger partial charge in [-0.3, -0.25) is 14.9 Å². The summed E-state index contributed by atoms with van der Waals surface area (Å²) in [5.41, 5.74) is 0. The van der Waals surface area contributed by atoms with Crippen molar-refractivity contribution < 1.29 is 14.8 Å². The van der Waals surface area contributed by atoms with Crippen molar-refractivity contribution in [3.8, 4) is 0 Å². The lowest BCUT2D eigenvalue weighted by molar-refractivity contribution is -0.524. The number of carbonyl (C=O) groups is 1. The summed E-state index contributed by atoms with van der Waals surface area (Å²) in [7, 11) is 0. The molecule has 0 aromatic rings. The average molecular weight is 250 g/mol. The highest BCUT2D eigenvalue weighted by atomic mass is 35.5. The highest BCUT2D eigenvalue weighted by Gasteiger charge is 2.31. The van der Waals surface area contributed by atoms with E-state index in [4.69, 9.17) is 16.7 Å². The number of nitro groups is 1. The Hall–Kier alpha value is -0.840. The number of nitrogens with zero attached hydrogens (tertiary/aromatic N) is 1. The Morgan fingerprint density at radius 1 is 1.44 bits per heavy atom. The van der Waals surface area contributed by atoms with Crippen LogP contribution in [0.3, 0.4) is 0 Å². The Morgan fingerprint density at radius 3 is 2.62 bits per heavy atom. The maximum atomic E-state index is 10.7. The lowest BCUT2D eigenvalue weighted by atomic mass is 9.86. The number of rotatable bonds is 3. The summed E-state index contributed by atoms with van der Waals surface area (Å²) in [6.07, 6.45) is 3.21. The van der Waals surface area contributed by atoms with Crippen LogP contribution in [0.15, 0.2) is 0 Å². The van der Waals surface area contributed by atoms with Gasteiger partial charge >= 0.3 is 5.97 Å². The first kappa shape index (κ1) is 13.2. The molecule has 0 saturated heterocycles. The first-order valence-corrected chi connectivity index (χ1v) is 5.93. The zero-order valence-corrected chi connectivity index (χ0v) is 9.73. The molecule has 92 valence electrons. The zero-order chi connectivity index (χ0) is 12.1. The van der Waals surface area contributed by atoms with Crippen molar-refractivity contribution in [2.45, 2.75) is 49.9 Å². The van der Waals surface area contributed by atoms with E-state index in [-0.39, 0.29) is 23.7 Å². The smallest absolute Gasteiger partial charge is 0.303 e. The molecule has 0 bridgehead atoms. The summed E-state index contributed by atoms with van der Waals surface area (Å²) in [4.78, 5) is 21.1. The van der Waals surface area contributed by atoms with Gasteiger partial charge in [0.15, 0.2) is 0 Å². The van der Waals surface area contributed by atoms with Crippen LogP contribution in [0.4, 0.5) is 0 Å². The largest absolute Gasteiger partial charge is 0.481 e. The first-order valence-electron chi connectivity index (χ1n) is 5.50. The third-order valence-electron chi connectivity index (χ3n) is 3.11. The van der Waals surface area contributed by atoms with E-state index in [2.05, 4.69) is 0 Å². The minimum absolute atomic E-state index is 0.0125. The van der Waals surface area contributed by atoms with Crippen molar-refractivity contribution >= 4 is 17.6 Å². The molecule has 0 heterocycles. The van der Waals surface area contributed by atoms with Crippen molar-refractivity contribution in [3.05, 3.63) is 10.1 Å². The van der Waals surface area contributed by atoms with Gasteiger partial charge in [0.2, 0.25) is 6.04 Å². The van der Waals surface area contributed by atoms with Crippen LogP contribution in [0, 0.1) is 16.0 Å². The van der Waals surface area contributed by atoms with Gasteiger partial charge in [0.05, 0.1) is 0 Å². The topological polar surface area (TPSA) is 80.4 Å². The summed E-state index contributed by atoms with van der Waals surface area (Å²) in [5, 5.41) is 19.1.